The van der Waals surface area contributed by atoms with Crippen molar-refractivity contribution in [3.63, 3.8) is 0 Å². The van der Waals surface area contributed by atoms with Gasteiger partial charge in [-0.25, -0.2) is 8.42 Å². The van der Waals surface area contributed by atoms with Crippen LogP contribution in [0, 0.1) is 10.1 Å². The summed E-state index contributed by atoms with van der Waals surface area (Å²) in [5.74, 6) is 0. The SMILES string of the molecule is CN(CC(C)(C)O)c1ccc(S(=O)(=O)N2CCCCCC2)cc1[N+](=O)[O-]. The zero-order valence-electron chi connectivity index (χ0n) is 15.5. The number of likely N-dealkylation sites (N-methyl/N-ethyl adjacent to an activating group) is 1. The Hall–Kier alpha value is -1.71. The van der Waals surface area contributed by atoms with E-state index < -0.39 is 20.5 Å². The van der Waals surface area contributed by atoms with Crippen molar-refractivity contribution in [2.75, 3.05) is 31.6 Å². The van der Waals surface area contributed by atoms with Crippen molar-refractivity contribution < 1.29 is 18.4 Å². The van der Waals surface area contributed by atoms with Crippen LogP contribution in [0.2, 0.25) is 0 Å². The third-order valence-corrected chi connectivity index (χ3v) is 6.28. The summed E-state index contributed by atoms with van der Waals surface area (Å²) in [6.45, 7) is 4.26. The van der Waals surface area contributed by atoms with Gasteiger partial charge in [-0.05, 0) is 38.8 Å². The maximum absolute atomic E-state index is 12.9. The maximum Gasteiger partial charge on any atom is 0.293 e. The molecule has 2 rings (SSSR count). The Kier molecular flexibility index (Phi) is 6.25. The molecule has 1 N–H and O–H groups in total. The van der Waals surface area contributed by atoms with Gasteiger partial charge in [-0.2, -0.15) is 4.31 Å². The fourth-order valence-corrected chi connectivity index (χ4v) is 4.77. The summed E-state index contributed by atoms with van der Waals surface area (Å²) in [7, 11) is -2.13. The smallest absolute Gasteiger partial charge is 0.293 e. The van der Waals surface area contributed by atoms with E-state index in [1.807, 2.05) is 0 Å². The first-order chi connectivity index (χ1) is 12.0. The van der Waals surface area contributed by atoms with Crippen LogP contribution in [-0.2, 0) is 10.0 Å². The molecule has 1 aliphatic heterocycles. The monoisotopic (exact) mass is 385 g/mol. The average molecular weight is 385 g/mol. The molecule has 1 heterocycles. The van der Waals surface area contributed by atoms with Gasteiger partial charge in [0, 0.05) is 32.7 Å². The van der Waals surface area contributed by atoms with Crippen molar-refractivity contribution in [3.05, 3.63) is 28.3 Å². The van der Waals surface area contributed by atoms with Crippen LogP contribution in [0.15, 0.2) is 23.1 Å². The lowest BCUT2D eigenvalue weighted by Gasteiger charge is -2.27. The number of rotatable bonds is 6. The van der Waals surface area contributed by atoms with Crippen LogP contribution in [0.4, 0.5) is 11.4 Å². The fraction of sp³-hybridized carbons (Fsp3) is 0.647. The summed E-state index contributed by atoms with van der Waals surface area (Å²) in [6, 6.07) is 3.97. The van der Waals surface area contributed by atoms with E-state index in [9.17, 15) is 23.6 Å². The van der Waals surface area contributed by atoms with E-state index in [0.29, 0.717) is 13.1 Å². The predicted octanol–water partition coefficient (Wildman–Crippen LogP) is 2.37. The summed E-state index contributed by atoms with van der Waals surface area (Å²) in [5, 5.41) is 21.5. The Balaban J connectivity index is 2.39. The topological polar surface area (TPSA) is 104 Å². The molecule has 9 heteroatoms. The van der Waals surface area contributed by atoms with Crippen LogP contribution in [0.25, 0.3) is 0 Å². The van der Waals surface area contributed by atoms with E-state index in [4.69, 9.17) is 0 Å². The molecule has 0 amide bonds. The molecule has 1 aromatic carbocycles. The van der Waals surface area contributed by atoms with Crippen molar-refractivity contribution in [1.82, 2.24) is 4.31 Å². The second-order valence-corrected chi connectivity index (χ2v) is 9.33. The Morgan fingerprint density at radius 3 is 2.31 bits per heavy atom. The zero-order valence-corrected chi connectivity index (χ0v) is 16.3. The third-order valence-electron chi connectivity index (χ3n) is 4.38. The lowest BCUT2D eigenvalue weighted by molar-refractivity contribution is -0.384. The van der Waals surface area contributed by atoms with Crippen LogP contribution < -0.4 is 4.90 Å². The second-order valence-electron chi connectivity index (χ2n) is 7.39. The van der Waals surface area contributed by atoms with Gasteiger partial charge >= 0.3 is 0 Å². The lowest BCUT2D eigenvalue weighted by atomic mass is 10.1. The summed E-state index contributed by atoms with van der Waals surface area (Å²) in [4.78, 5) is 12.4. The van der Waals surface area contributed by atoms with Gasteiger partial charge in [0.1, 0.15) is 5.69 Å². The van der Waals surface area contributed by atoms with Crippen molar-refractivity contribution in [3.8, 4) is 0 Å². The Labute approximate surface area is 154 Å². The molecule has 0 spiro atoms. The first-order valence-corrected chi connectivity index (χ1v) is 10.2. The molecule has 0 radical (unpaired) electrons. The van der Waals surface area contributed by atoms with Gasteiger partial charge in [0.2, 0.25) is 10.0 Å². The molecule has 0 saturated carbocycles. The standard InChI is InChI=1S/C17H27N3O5S/c1-17(2,21)13-18(3)15-9-8-14(12-16(15)20(22)23)26(24,25)19-10-6-4-5-7-11-19/h8-9,12,21H,4-7,10-11,13H2,1-3H3. The van der Waals surface area contributed by atoms with Gasteiger partial charge in [0.05, 0.1) is 15.4 Å². The summed E-state index contributed by atoms with van der Waals surface area (Å²) >= 11 is 0. The Morgan fingerprint density at radius 1 is 1.23 bits per heavy atom. The van der Waals surface area contributed by atoms with Crippen molar-refractivity contribution >= 4 is 21.4 Å². The fourth-order valence-electron chi connectivity index (χ4n) is 3.23. The van der Waals surface area contributed by atoms with Crippen molar-refractivity contribution in [2.45, 2.75) is 50.0 Å². The van der Waals surface area contributed by atoms with E-state index in [1.54, 1.807) is 25.8 Å². The molecule has 1 aliphatic rings. The van der Waals surface area contributed by atoms with Gasteiger partial charge in [-0.15, -0.1) is 0 Å². The number of nitro benzene ring substituents is 1. The average Bonchev–Trinajstić information content (AvgIpc) is 2.82. The van der Waals surface area contributed by atoms with E-state index in [-0.39, 0.29) is 22.8 Å². The largest absolute Gasteiger partial charge is 0.389 e. The van der Waals surface area contributed by atoms with Gasteiger partial charge in [0.25, 0.3) is 5.69 Å². The maximum atomic E-state index is 12.9. The molecule has 0 atom stereocenters. The highest BCUT2D eigenvalue weighted by molar-refractivity contribution is 7.89. The highest BCUT2D eigenvalue weighted by atomic mass is 32.2. The Morgan fingerprint density at radius 2 is 1.81 bits per heavy atom. The molecular formula is C17H27N3O5S. The number of nitro groups is 1. The molecule has 1 fully saturated rings. The number of hydrogen-bond acceptors (Lipinski definition) is 6. The number of benzene rings is 1. The normalized spacial score (nSPS) is 16.9. The van der Waals surface area contributed by atoms with E-state index in [0.717, 1.165) is 31.7 Å². The molecule has 0 unspecified atom stereocenters. The van der Waals surface area contributed by atoms with E-state index in [2.05, 4.69) is 0 Å². The first kappa shape index (κ1) is 20.6. The van der Waals surface area contributed by atoms with Crippen LogP contribution in [-0.4, -0.2) is 55.0 Å². The van der Waals surface area contributed by atoms with E-state index >= 15 is 0 Å². The molecule has 0 aliphatic carbocycles. The summed E-state index contributed by atoms with van der Waals surface area (Å²) in [6.07, 6.45) is 3.58. The van der Waals surface area contributed by atoms with Gasteiger partial charge in [0.15, 0.2) is 0 Å². The van der Waals surface area contributed by atoms with Crippen LogP contribution >= 0.6 is 0 Å². The van der Waals surface area contributed by atoms with Crippen molar-refractivity contribution in [1.29, 1.82) is 0 Å². The Bertz CT molecular complexity index is 750. The summed E-state index contributed by atoms with van der Waals surface area (Å²) < 4.78 is 27.2. The van der Waals surface area contributed by atoms with Crippen molar-refractivity contribution in [2.24, 2.45) is 0 Å². The number of aliphatic hydroxyl groups is 1. The number of anilines is 1. The van der Waals surface area contributed by atoms with Gasteiger partial charge in [-0.1, -0.05) is 12.8 Å². The minimum Gasteiger partial charge on any atom is -0.389 e. The number of nitrogens with zero attached hydrogens (tertiary/aromatic N) is 3. The summed E-state index contributed by atoms with van der Waals surface area (Å²) in [5.41, 5.74) is -1.06. The van der Waals surface area contributed by atoms with Gasteiger partial charge in [-0.3, -0.25) is 10.1 Å². The predicted molar refractivity (Wildman–Crippen MR) is 99.9 cm³/mol. The number of hydrogen-bond donors (Lipinski definition) is 1. The lowest BCUT2D eigenvalue weighted by Crippen LogP contribution is -2.36. The van der Waals surface area contributed by atoms with Crippen LogP contribution in [0.3, 0.4) is 0 Å². The van der Waals surface area contributed by atoms with Crippen LogP contribution in [0.1, 0.15) is 39.5 Å². The molecule has 8 nitrogen and oxygen atoms in total. The van der Waals surface area contributed by atoms with Gasteiger partial charge < -0.3 is 10.0 Å². The minimum absolute atomic E-state index is 0.0634. The second kappa shape index (κ2) is 7.89. The number of sulfonamides is 1. The third kappa shape index (κ3) is 4.93. The first-order valence-electron chi connectivity index (χ1n) is 8.74. The molecular weight excluding hydrogens is 358 g/mol. The minimum atomic E-state index is -3.76. The molecule has 0 aromatic heterocycles. The molecule has 1 saturated heterocycles. The zero-order chi connectivity index (χ0) is 19.5. The molecule has 146 valence electrons. The quantitative estimate of drug-likeness (QED) is 0.595. The highest BCUT2D eigenvalue weighted by Gasteiger charge is 2.29. The molecule has 0 bridgehead atoms. The molecule has 1 aromatic rings. The molecule has 26 heavy (non-hydrogen) atoms. The van der Waals surface area contributed by atoms with E-state index in [1.165, 1.54) is 16.4 Å². The van der Waals surface area contributed by atoms with Crippen LogP contribution in [0.5, 0.6) is 0 Å². The highest BCUT2D eigenvalue weighted by Crippen LogP contribution is 2.32.